The Bertz CT molecular complexity index is 476. The minimum atomic E-state index is -0.636. The number of rotatable bonds is 6. The van der Waals surface area contributed by atoms with Gasteiger partial charge in [-0.05, 0) is 17.7 Å². The van der Waals surface area contributed by atoms with Crippen LogP contribution in [0.3, 0.4) is 0 Å². The van der Waals surface area contributed by atoms with Crippen molar-refractivity contribution in [3.63, 3.8) is 0 Å². The van der Waals surface area contributed by atoms with Crippen LogP contribution < -0.4 is 5.32 Å². The molecule has 0 saturated carbocycles. The maximum atomic E-state index is 12.1. The molecule has 1 aliphatic rings. The molecule has 3 atom stereocenters. The first-order chi connectivity index (χ1) is 10.7. The Balaban J connectivity index is 1.86. The van der Waals surface area contributed by atoms with Crippen LogP contribution in [-0.2, 0) is 20.8 Å². The fourth-order valence-electron chi connectivity index (χ4n) is 2.47. The average molecular weight is 309 g/mol. The van der Waals surface area contributed by atoms with E-state index in [2.05, 4.69) is 5.32 Å². The van der Waals surface area contributed by atoms with E-state index in [0.29, 0.717) is 31.9 Å². The number of hydrogen-bond donors (Lipinski definition) is 2. The first-order valence-corrected chi connectivity index (χ1v) is 7.30. The number of nitrogens with one attached hydrogen (secondary N) is 1. The van der Waals surface area contributed by atoms with Gasteiger partial charge < -0.3 is 24.6 Å². The van der Waals surface area contributed by atoms with Crippen LogP contribution >= 0.6 is 0 Å². The Morgan fingerprint density at radius 2 is 2.05 bits per heavy atom. The van der Waals surface area contributed by atoms with E-state index >= 15 is 0 Å². The number of carbonyl (C=O) groups is 1. The molecule has 2 rings (SSSR count). The first kappa shape index (κ1) is 16.9. The smallest absolute Gasteiger partial charge is 0.251 e. The highest BCUT2D eigenvalue weighted by molar-refractivity contribution is 5.94. The van der Waals surface area contributed by atoms with Gasteiger partial charge in [0.15, 0.2) is 0 Å². The van der Waals surface area contributed by atoms with E-state index in [1.54, 1.807) is 26.4 Å². The molecule has 6 heteroatoms. The third-order valence-corrected chi connectivity index (χ3v) is 3.83. The molecule has 0 unspecified atom stereocenters. The molecule has 1 heterocycles. The highest BCUT2D eigenvalue weighted by atomic mass is 16.5. The molecule has 1 aromatic carbocycles. The molecule has 22 heavy (non-hydrogen) atoms. The van der Waals surface area contributed by atoms with Gasteiger partial charge >= 0.3 is 0 Å². The fraction of sp³-hybridized carbons (Fsp3) is 0.562. The number of amides is 1. The minimum absolute atomic E-state index is 0.171. The summed E-state index contributed by atoms with van der Waals surface area (Å²) in [6.45, 7) is 1.66. The molecular weight excluding hydrogens is 286 g/mol. The second kappa shape index (κ2) is 8.24. The third-order valence-electron chi connectivity index (χ3n) is 3.83. The summed E-state index contributed by atoms with van der Waals surface area (Å²) in [4.78, 5) is 12.1. The Labute approximate surface area is 130 Å². The lowest BCUT2D eigenvalue weighted by Crippen LogP contribution is -2.49. The van der Waals surface area contributed by atoms with Crippen molar-refractivity contribution in [3.05, 3.63) is 35.4 Å². The molecule has 122 valence electrons. The van der Waals surface area contributed by atoms with E-state index in [0.717, 1.165) is 5.56 Å². The molecule has 1 saturated heterocycles. The predicted molar refractivity (Wildman–Crippen MR) is 80.6 cm³/mol. The highest BCUT2D eigenvalue weighted by Gasteiger charge is 2.32. The van der Waals surface area contributed by atoms with Crippen LogP contribution in [-0.4, -0.2) is 57.2 Å². The van der Waals surface area contributed by atoms with Crippen molar-refractivity contribution >= 4 is 5.91 Å². The number of aliphatic hydroxyl groups excluding tert-OH is 1. The van der Waals surface area contributed by atoms with Crippen molar-refractivity contribution in [1.29, 1.82) is 0 Å². The van der Waals surface area contributed by atoms with E-state index in [1.165, 1.54) is 0 Å². The number of ether oxygens (including phenoxy) is 3. The zero-order valence-electron chi connectivity index (χ0n) is 13.0. The van der Waals surface area contributed by atoms with Gasteiger partial charge in [0.25, 0.3) is 5.91 Å². The van der Waals surface area contributed by atoms with Crippen LogP contribution in [0.1, 0.15) is 15.9 Å². The largest absolute Gasteiger partial charge is 0.390 e. The summed E-state index contributed by atoms with van der Waals surface area (Å²) in [5.41, 5.74) is 1.59. The summed E-state index contributed by atoms with van der Waals surface area (Å²) in [6.07, 6.45) is -0.980. The Hall–Kier alpha value is -1.47. The number of methoxy groups -OCH3 is 2. The van der Waals surface area contributed by atoms with Crippen LogP contribution in [0.5, 0.6) is 0 Å². The van der Waals surface area contributed by atoms with Crippen LogP contribution in [0.15, 0.2) is 24.3 Å². The van der Waals surface area contributed by atoms with Crippen LogP contribution in [0.2, 0.25) is 0 Å². The van der Waals surface area contributed by atoms with Crippen molar-refractivity contribution in [1.82, 2.24) is 5.32 Å². The zero-order chi connectivity index (χ0) is 15.9. The lowest BCUT2D eigenvalue weighted by atomic mass is 9.96. The lowest BCUT2D eigenvalue weighted by molar-refractivity contribution is -0.132. The highest BCUT2D eigenvalue weighted by Crippen LogP contribution is 2.17. The summed E-state index contributed by atoms with van der Waals surface area (Å²) in [6, 6.07) is 7.24. The molecule has 0 spiro atoms. The van der Waals surface area contributed by atoms with Crippen molar-refractivity contribution in [2.24, 2.45) is 5.92 Å². The SMILES string of the molecule is COCc1ccc(C(=O)NC[C@@H]2COC[C@@H](OC)[C@H]2O)cc1. The van der Waals surface area contributed by atoms with Gasteiger partial charge in [-0.1, -0.05) is 12.1 Å². The molecule has 0 radical (unpaired) electrons. The summed E-state index contributed by atoms with van der Waals surface area (Å²) < 4.78 is 15.6. The Morgan fingerprint density at radius 1 is 1.32 bits per heavy atom. The van der Waals surface area contributed by atoms with E-state index in [4.69, 9.17) is 14.2 Å². The molecule has 1 fully saturated rings. The number of hydrogen-bond acceptors (Lipinski definition) is 5. The van der Waals surface area contributed by atoms with Crippen molar-refractivity contribution < 1.29 is 24.1 Å². The molecule has 1 aliphatic heterocycles. The van der Waals surface area contributed by atoms with E-state index in [9.17, 15) is 9.90 Å². The van der Waals surface area contributed by atoms with Crippen molar-refractivity contribution in [2.75, 3.05) is 34.0 Å². The van der Waals surface area contributed by atoms with Gasteiger partial charge in [-0.15, -0.1) is 0 Å². The van der Waals surface area contributed by atoms with E-state index in [-0.39, 0.29) is 17.9 Å². The van der Waals surface area contributed by atoms with E-state index < -0.39 is 6.10 Å². The molecule has 0 bridgehead atoms. The lowest BCUT2D eigenvalue weighted by Gasteiger charge is -2.33. The Morgan fingerprint density at radius 3 is 2.68 bits per heavy atom. The average Bonchev–Trinajstić information content (AvgIpc) is 2.54. The summed E-state index contributed by atoms with van der Waals surface area (Å²) in [5.74, 6) is -0.342. The standard InChI is InChI=1S/C16H23NO5/c1-20-8-11-3-5-12(6-4-11)16(19)17-7-13-9-22-10-14(21-2)15(13)18/h3-6,13-15,18H,7-10H2,1-2H3,(H,17,19)/t13-,14-,15+/m1/s1. The fourth-order valence-corrected chi connectivity index (χ4v) is 2.47. The molecule has 0 aromatic heterocycles. The van der Waals surface area contributed by atoms with Gasteiger partial charge in [0.2, 0.25) is 0 Å². The topological polar surface area (TPSA) is 77.0 Å². The van der Waals surface area contributed by atoms with Gasteiger partial charge in [0.1, 0.15) is 6.10 Å². The van der Waals surface area contributed by atoms with E-state index in [1.807, 2.05) is 12.1 Å². The summed E-state index contributed by atoms with van der Waals surface area (Å²) >= 11 is 0. The number of aliphatic hydroxyl groups is 1. The normalized spacial score (nSPS) is 25.0. The minimum Gasteiger partial charge on any atom is -0.390 e. The molecule has 1 aromatic rings. The first-order valence-electron chi connectivity index (χ1n) is 7.30. The van der Waals surface area contributed by atoms with Gasteiger partial charge in [-0.3, -0.25) is 4.79 Å². The van der Waals surface area contributed by atoms with Gasteiger partial charge in [-0.25, -0.2) is 0 Å². The number of carbonyl (C=O) groups excluding carboxylic acids is 1. The molecule has 2 N–H and O–H groups in total. The van der Waals surface area contributed by atoms with Crippen molar-refractivity contribution in [2.45, 2.75) is 18.8 Å². The van der Waals surface area contributed by atoms with Crippen LogP contribution in [0.25, 0.3) is 0 Å². The van der Waals surface area contributed by atoms with Crippen LogP contribution in [0.4, 0.5) is 0 Å². The number of benzene rings is 1. The molecular formula is C16H23NO5. The predicted octanol–water partition coefficient (Wildman–Crippen LogP) is 0.585. The third kappa shape index (κ3) is 4.27. The van der Waals surface area contributed by atoms with Gasteiger partial charge in [0, 0.05) is 32.2 Å². The molecule has 6 nitrogen and oxygen atoms in total. The monoisotopic (exact) mass is 309 g/mol. The zero-order valence-corrected chi connectivity index (χ0v) is 13.0. The maximum Gasteiger partial charge on any atom is 0.251 e. The quantitative estimate of drug-likeness (QED) is 0.804. The summed E-state index contributed by atoms with van der Waals surface area (Å²) in [5, 5.41) is 13.0. The second-order valence-electron chi connectivity index (χ2n) is 5.40. The Kier molecular flexibility index (Phi) is 6.33. The van der Waals surface area contributed by atoms with Gasteiger partial charge in [0.05, 0.1) is 25.9 Å². The second-order valence-corrected chi connectivity index (χ2v) is 5.40. The molecule has 0 aliphatic carbocycles. The maximum absolute atomic E-state index is 12.1. The summed E-state index contributed by atoms with van der Waals surface area (Å²) in [7, 11) is 3.17. The van der Waals surface area contributed by atoms with Gasteiger partial charge in [-0.2, -0.15) is 0 Å². The van der Waals surface area contributed by atoms with Crippen molar-refractivity contribution in [3.8, 4) is 0 Å². The molecule has 1 amide bonds. The van der Waals surface area contributed by atoms with Crippen LogP contribution in [0, 0.1) is 5.92 Å².